The molecular weight excluding hydrogens is 130 g/mol. The smallest absolute Gasteiger partial charge is 0.249 e. The maximum Gasteiger partial charge on any atom is 0.249 e. The number of nitrogens with two attached hydrogens (primary N) is 1. The van der Waals surface area contributed by atoms with Gasteiger partial charge in [0.05, 0.1) is 0 Å². The van der Waals surface area contributed by atoms with Crippen molar-refractivity contribution in [1.82, 2.24) is 4.98 Å². The lowest BCUT2D eigenvalue weighted by molar-refractivity contribution is 1.24. The molecule has 4 N–H and O–H groups in total. The minimum absolute atomic E-state index is 0.238. The molecule has 1 aromatic heterocycles. The summed E-state index contributed by atoms with van der Waals surface area (Å²) < 4.78 is 0. The molecule has 0 aliphatic carbocycles. The van der Waals surface area contributed by atoms with Gasteiger partial charge in [-0.25, -0.2) is 0 Å². The summed E-state index contributed by atoms with van der Waals surface area (Å²) in [5, 5.41) is 6.83. The van der Waals surface area contributed by atoms with Gasteiger partial charge in [0, 0.05) is 17.8 Å². The highest BCUT2D eigenvalue weighted by Crippen LogP contribution is 1.98. The van der Waals surface area contributed by atoms with Gasteiger partial charge in [-0.05, 0) is 6.07 Å². The van der Waals surface area contributed by atoms with Crippen molar-refractivity contribution >= 4 is 12.0 Å². The molecule has 0 bridgehead atoms. The molecule has 0 atom stereocenters. The molecule has 0 aromatic carbocycles. The Labute approximate surface area is 57.2 Å². The van der Waals surface area contributed by atoms with E-state index in [-0.39, 0.29) is 11.4 Å². The highest BCUT2D eigenvalue weighted by Gasteiger charge is 1.93. The second-order valence-electron chi connectivity index (χ2n) is 1.84. The van der Waals surface area contributed by atoms with Crippen LogP contribution in [0.25, 0.3) is 0 Å². The maximum atomic E-state index is 10.5. The molecular formula is C6H7N3O. The Kier molecular flexibility index (Phi) is 1.53. The van der Waals surface area contributed by atoms with Crippen LogP contribution in [-0.4, -0.2) is 11.2 Å². The molecule has 4 heteroatoms. The summed E-state index contributed by atoms with van der Waals surface area (Å²) in [7, 11) is 0. The van der Waals surface area contributed by atoms with Gasteiger partial charge in [0.25, 0.3) is 0 Å². The van der Waals surface area contributed by atoms with E-state index in [0.29, 0.717) is 5.56 Å². The van der Waals surface area contributed by atoms with E-state index in [1.807, 2.05) is 0 Å². The van der Waals surface area contributed by atoms with Crippen LogP contribution in [0.1, 0.15) is 5.56 Å². The van der Waals surface area contributed by atoms with Crippen molar-refractivity contribution in [1.29, 1.82) is 5.41 Å². The molecule has 0 saturated carbocycles. The Morgan fingerprint density at radius 3 is 2.80 bits per heavy atom. The molecule has 10 heavy (non-hydrogen) atoms. The molecule has 0 fully saturated rings. The fourth-order valence-electron chi connectivity index (χ4n) is 0.628. The third kappa shape index (κ3) is 1.05. The van der Waals surface area contributed by atoms with E-state index in [0.717, 1.165) is 6.21 Å². The molecule has 0 amide bonds. The molecule has 1 rings (SSSR count). The average Bonchev–Trinajstić information content (AvgIpc) is 1.88. The van der Waals surface area contributed by atoms with Crippen LogP contribution < -0.4 is 11.3 Å². The number of rotatable bonds is 1. The Hall–Kier alpha value is -1.58. The van der Waals surface area contributed by atoms with Gasteiger partial charge in [-0.2, -0.15) is 0 Å². The normalized spacial score (nSPS) is 9.20. The van der Waals surface area contributed by atoms with E-state index in [2.05, 4.69) is 4.98 Å². The number of hydrogen-bond donors (Lipinski definition) is 3. The van der Waals surface area contributed by atoms with Gasteiger partial charge in [-0.1, -0.05) is 0 Å². The largest absolute Gasteiger partial charge is 0.385 e. The quantitative estimate of drug-likeness (QED) is 0.474. The number of nitrogen functional groups attached to an aromatic ring is 1. The second kappa shape index (κ2) is 2.34. The average molecular weight is 137 g/mol. The summed E-state index contributed by atoms with van der Waals surface area (Å²) in [6.45, 7) is 0. The minimum Gasteiger partial charge on any atom is -0.385 e. The fourth-order valence-corrected chi connectivity index (χ4v) is 0.628. The van der Waals surface area contributed by atoms with Crippen LogP contribution in [0.4, 0.5) is 5.82 Å². The lowest BCUT2D eigenvalue weighted by Gasteiger charge is -1.94. The lowest BCUT2D eigenvalue weighted by atomic mass is 10.3. The Bertz CT molecular complexity index is 302. The zero-order valence-corrected chi connectivity index (χ0v) is 5.22. The van der Waals surface area contributed by atoms with Crippen LogP contribution in [0, 0.1) is 5.41 Å². The van der Waals surface area contributed by atoms with Crippen LogP contribution in [0.2, 0.25) is 0 Å². The molecule has 4 nitrogen and oxygen atoms in total. The third-order valence-electron chi connectivity index (χ3n) is 1.14. The van der Waals surface area contributed by atoms with Gasteiger partial charge in [-0.15, -0.1) is 0 Å². The number of pyridine rings is 1. The first-order valence-electron chi connectivity index (χ1n) is 2.73. The van der Waals surface area contributed by atoms with Gasteiger partial charge in [0.1, 0.15) is 5.82 Å². The minimum atomic E-state index is -0.247. The molecule has 0 aliphatic rings. The predicted molar refractivity (Wildman–Crippen MR) is 39.4 cm³/mol. The van der Waals surface area contributed by atoms with Crippen molar-refractivity contribution in [2.24, 2.45) is 0 Å². The van der Waals surface area contributed by atoms with Gasteiger partial charge < -0.3 is 16.1 Å². The van der Waals surface area contributed by atoms with Gasteiger partial charge in [0.2, 0.25) is 5.56 Å². The van der Waals surface area contributed by atoms with Crippen molar-refractivity contribution in [3.8, 4) is 0 Å². The Morgan fingerprint density at radius 2 is 2.30 bits per heavy atom. The molecule has 0 saturated heterocycles. The number of H-pyrrole nitrogens is 1. The first-order valence-corrected chi connectivity index (χ1v) is 2.73. The van der Waals surface area contributed by atoms with E-state index in [9.17, 15) is 4.79 Å². The molecule has 0 spiro atoms. The summed E-state index contributed by atoms with van der Waals surface area (Å²) >= 11 is 0. The van der Waals surface area contributed by atoms with Gasteiger partial charge in [0.15, 0.2) is 0 Å². The van der Waals surface area contributed by atoms with Gasteiger partial charge in [-0.3, -0.25) is 4.79 Å². The number of nitrogens with one attached hydrogen (secondary N) is 2. The van der Waals surface area contributed by atoms with E-state index in [1.54, 1.807) is 0 Å². The second-order valence-corrected chi connectivity index (χ2v) is 1.84. The van der Waals surface area contributed by atoms with Crippen LogP contribution in [-0.2, 0) is 0 Å². The highest BCUT2D eigenvalue weighted by molar-refractivity contribution is 5.82. The molecule has 52 valence electrons. The summed E-state index contributed by atoms with van der Waals surface area (Å²) in [6, 6.07) is 2.83. The summed E-state index contributed by atoms with van der Waals surface area (Å²) in [4.78, 5) is 12.9. The molecule has 1 aromatic rings. The van der Waals surface area contributed by atoms with Crippen LogP contribution >= 0.6 is 0 Å². The lowest BCUT2D eigenvalue weighted by Crippen LogP contribution is -2.08. The van der Waals surface area contributed by atoms with Crippen LogP contribution in [0.5, 0.6) is 0 Å². The van der Waals surface area contributed by atoms with Gasteiger partial charge >= 0.3 is 0 Å². The Balaban J connectivity index is 3.32. The summed E-state index contributed by atoms with van der Waals surface area (Å²) in [5.74, 6) is 0.238. The number of aromatic nitrogens is 1. The molecule has 0 unspecified atom stereocenters. The van der Waals surface area contributed by atoms with Crippen molar-refractivity contribution in [2.45, 2.75) is 0 Å². The van der Waals surface area contributed by atoms with Crippen LogP contribution in [0.3, 0.4) is 0 Å². The van der Waals surface area contributed by atoms with Crippen molar-refractivity contribution < 1.29 is 0 Å². The molecule has 0 radical (unpaired) electrons. The Morgan fingerprint density at radius 1 is 1.60 bits per heavy atom. The topological polar surface area (TPSA) is 82.7 Å². The zero-order valence-electron chi connectivity index (χ0n) is 5.22. The first-order chi connectivity index (χ1) is 4.74. The highest BCUT2D eigenvalue weighted by atomic mass is 16.1. The van der Waals surface area contributed by atoms with Crippen molar-refractivity contribution in [2.75, 3.05) is 5.73 Å². The first kappa shape index (κ1) is 6.54. The predicted octanol–water partition coefficient (Wildman–Crippen LogP) is -0.0452. The fraction of sp³-hybridized carbons (Fsp3) is 0. The van der Waals surface area contributed by atoms with Crippen molar-refractivity contribution in [3.05, 3.63) is 28.0 Å². The summed E-state index contributed by atoms with van der Waals surface area (Å²) in [5.41, 5.74) is 5.61. The zero-order chi connectivity index (χ0) is 7.56. The third-order valence-corrected chi connectivity index (χ3v) is 1.14. The van der Waals surface area contributed by atoms with E-state index in [4.69, 9.17) is 11.1 Å². The number of hydrogen-bond acceptors (Lipinski definition) is 3. The van der Waals surface area contributed by atoms with E-state index in [1.165, 1.54) is 12.1 Å². The summed E-state index contributed by atoms with van der Waals surface area (Å²) in [6.07, 6.45) is 1.09. The van der Waals surface area contributed by atoms with E-state index < -0.39 is 0 Å². The SMILES string of the molecule is N=Cc1ccc(=O)[nH]c1N. The molecule has 0 aliphatic heterocycles. The van der Waals surface area contributed by atoms with Crippen LogP contribution in [0.15, 0.2) is 16.9 Å². The van der Waals surface area contributed by atoms with E-state index >= 15 is 0 Å². The monoisotopic (exact) mass is 137 g/mol. The standard InChI is InChI=1S/C6H7N3O/c7-3-4-1-2-5(10)9-6(4)8/h1-3,7H,(H3,8,9,10). The number of aromatic amines is 1. The number of anilines is 1. The molecule has 1 heterocycles. The van der Waals surface area contributed by atoms with Crippen molar-refractivity contribution in [3.63, 3.8) is 0 Å². The maximum absolute atomic E-state index is 10.5.